The van der Waals surface area contributed by atoms with Crippen molar-refractivity contribution >= 4 is 28.9 Å². The smallest absolute Gasteiger partial charge is 0.252 e. The van der Waals surface area contributed by atoms with Crippen LogP contribution in [0.2, 0.25) is 5.02 Å². The van der Waals surface area contributed by atoms with Gasteiger partial charge in [-0.1, -0.05) is 41.9 Å². The van der Waals surface area contributed by atoms with Gasteiger partial charge in [0.25, 0.3) is 5.78 Å². The van der Waals surface area contributed by atoms with E-state index in [2.05, 4.69) is 20.4 Å². The van der Waals surface area contributed by atoms with Gasteiger partial charge in [-0.3, -0.25) is 5.10 Å². The molecule has 0 saturated heterocycles. The largest absolute Gasteiger partial charge is 0.338 e. The Kier molecular flexibility index (Phi) is 3.05. The van der Waals surface area contributed by atoms with Crippen LogP contribution in [0.5, 0.6) is 0 Å². The molecular formula is C16H12ClN5. The van der Waals surface area contributed by atoms with Crippen LogP contribution in [0.25, 0.3) is 17.0 Å². The molecule has 5 nitrogen and oxygen atoms in total. The Hall–Kier alpha value is -2.79. The van der Waals surface area contributed by atoms with Gasteiger partial charge in [0.05, 0.1) is 0 Å². The van der Waals surface area contributed by atoms with Gasteiger partial charge in [-0.25, -0.2) is 14.5 Å². The average Bonchev–Trinajstić information content (AvgIpc) is 3.12. The summed E-state index contributed by atoms with van der Waals surface area (Å²) in [4.78, 5) is 8.80. The van der Waals surface area contributed by atoms with Gasteiger partial charge in [-0.05, 0) is 24.3 Å². The zero-order valence-electron chi connectivity index (χ0n) is 11.5. The van der Waals surface area contributed by atoms with Crippen LogP contribution in [-0.4, -0.2) is 19.6 Å². The fraction of sp³-hybridized carbons (Fsp3) is 0. The highest BCUT2D eigenvalue weighted by Gasteiger charge is 2.15. The first-order chi connectivity index (χ1) is 10.8. The van der Waals surface area contributed by atoms with Gasteiger partial charge in [0.15, 0.2) is 5.82 Å². The molecule has 0 unspecified atom stereocenters. The molecule has 0 saturated carbocycles. The van der Waals surface area contributed by atoms with Crippen molar-refractivity contribution in [2.24, 2.45) is 0 Å². The van der Waals surface area contributed by atoms with Crippen LogP contribution in [0.15, 0.2) is 60.9 Å². The molecule has 2 heterocycles. The van der Waals surface area contributed by atoms with Gasteiger partial charge in [-0.15, -0.1) is 0 Å². The van der Waals surface area contributed by atoms with Crippen molar-refractivity contribution in [2.75, 3.05) is 5.32 Å². The lowest BCUT2D eigenvalue weighted by Crippen LogP contribution is -1.97. The van der Waals surface area contributed by atoms with E-state index in [1.165, 1.54) is 0 Å². The number of hydrogen-bond acceptors (Lipinski definition) is 3. The second kappa shape index (κ2) is 5.20. The summed E-state index contributed by atoms with van der Waals surface area (Å²) in [7, 11) is 0. The van der Waals surface area contributed by atoms with E-state index in [0.29, 0.717) is 10.8 Å². The predicted octanol–water partition coefficient (Wildman–Crippen LogP) is 4.12. The maximum atomic E-state index is 5.97. The topological polar surface area (TPSA) is 58.0 Å². The Bertz CT molecular complexity index is 909. The Balaban J connectivity index is 1.86. The normalized spacial score (nSPS) is 11.0. The summed E-state index contributed by atoms with van der Waals surface area (Å²) in [5, 5.41) is 7.15. The lowest BCUT2D eigenvalue weighted by molar-refractivity contribution is 0.980. The van der Waals surface area contributed by atoms with Gasteiger partial charge in [0.1, 0.15) is 12.0 Å². The van der Waals surface area contributed by atoms with Crippen LogP contribution in [0.3, 0.4) is 0 Å². The van der Waals surface area contributed by atoms with E-state index >= 15 is 0 Å². The van der Waals surface area contributed by atoms with Crippen molar-refractivity contribution in [3.8, 4) is 11.3 Å². The van der Waals surface area contributed by atoms with Gasteiger partial charge >= 0.3 is 0 Å². The fourth-order valence-electron chi connectivity index (χ4n) is 2.34. The van der Waals surface area contributed by atoms with E-state index in [1.54, 1.807) is 6.33 Å². The fourth-order valence-corrected chi connectivity index (χ4v) is 2.47. The third kappa shape index (κ3) is 2.21. The molecule has 0 aliphatic rings. The molecule has 0 bridgehead atoms. The third-order valence-corrected chi connectivity index (χ3v) is 3.63. The van der Waals surface area contributed by atoms with E-state index in [0.717, 1.165) is 22.8 Å². The lowest BCUT2D eigenvalue weighted by Gasteiger charge is -2.07. The van der Waals surface area contributed by atoms with E-state index in [9.17, 15) is 0 Å². The molecule has 22 heavy (non-hydrogen) atoms. The number of hydrogen-bond donors (Lipinski definition) is 2. The lowest BCUT2D eigenvalue weighted by atomic mass is 10.1. The highest BCUT2D eigenvalue weighted by atomic mass is 35.5. The van der Waals surface area contributed by atoms with E-state index in [1.807, 2.05) is 59.1 Å². The number of imidazole rings is 1. The number of halogens is 1. The number of nitrogens with zero attached hydrogens (tertiary/aromatic N) is 3. The monoisotopic (exact) mass is 309 g/mol. The molecule has 0 aliphatic heterocycles. The van der Waals surface area contributed by atoms with Crippen LogP contribution in [0.1, 0.15) is 0 Å². The number of benzene rings is 2. The summed E-state index contributed by atoms with van der Waals surface area (Å²) >= 11 is 5.97. The first-order valence-electron chi connectivity index (χ1n) is 6.81. The maximum absolute atomic E-state index is 5.97. The molecule has 4 aromatic rings. The summed E-state index contributed by atoms with van der Waals surface area (Å²) in [6.45, 7) is 0. The number of aromatic amines is 1. The van der Waals surface area contributed by atoms with E-state index in [-0.39, 0.29) is 0 Å². The quantitative estimate of drug-likeness (QED) is 0.598. The molecule has 108 valence electrons. The summed E-state index contributed by atoms with van der Waals surface area (Å²) in [5.74, 6) is 1.45. The summed E-state index contributed by atoms with van der Waals surface area (Å²) < 4.78 is 1.82. The van der Waals surface area contributed by atoms with Crippen molar-refractivity contribution < 1.29 is 0 Å². The number of nitrogens with one attached hydrogen (secondary N) is 2. The second-order valence-corrected chi connectivity index (χ2v) is 5.27. The molecule has 0 atom stereocenters. The van der Waals surface area contributed by atoms with E-state index in [4.69, 9.17) is 11.6 Å². The van der Waals surface area contributed by atoms with E-state index < -0.39 is 0 Å². The summed E-state index contributed by atoms with van der Waals surface area (Å²) in [6, 6.07) is 17.5. The van der Waals surface area contributed by atoms with Crippen molar-refractivity contribution in [3.63, 3.8) is 0 Å². The van der Waals surface area contributed by atoms with Crippen molar-refractivity contribution in [1.82, 2.24) is 19.6 Å². The third-order valence-electron chi connectivity index (χ3n) is 3.38. The molecule has 4 rings (SSSR count). The van der Waals surface area contributed by atoms with Crippen LogP contribution in [0, 0.1) is 0 Å². The summed E-state index contributed by atoms with van der Waals surface area (Å²) in [6.07, 6.45) is 1.62. The van der Waals surface area contributed by atoms with Crippen LogP contribution < -0.4 is 5.32 Å². The van der Waals surface area contributed by atoms with Crippen LogP contribution in [0.4, 0.5) is 11.5 Å². The highest BCUT2D eigenvalue weighted by molar-refractivity contribution is 6.30. The number of aromatic nitrogens is 4. The molecule has 6 heteroatoms. The molecule has 2 aromatic heterocycles. The SMILES string of the molecule is Clc1ccc(-c2nc3nc[nH]n3c2Nc2ccccc2)cc1. The Morgan fingerprint density at radius 1 is 1.00 bits per heavy atom. The average molecular weight is 310 g/mol. The number of rotatable bonds is 3. The first-order valence-corrected chi connectivity index (χ1v) is 7.19. The predicted molar refractivity (Wildman–Crippen MR) is 87.5 cm³/mol. The van der Waals surface area contributed by atoms with Gasteiger partial charge in [0, 0.05) is 16.3 Å². The van der Waals surface area contributed by atoms with Crippen LogP contribution >= 0.6 is 11.6 Å². The van der Waals surface area contributed by atoms with Gasteiger partial charge < -0.3 is 5.32 Å². The van der Waals surface area contributed by atoms with Crippen molar-refractivity contribution in [3.05, 3.63) is 65.9 Å². The van der Waals surface area contributed by atoms with Crippen molar-refractivity contribution in [1.29, 1.82) is 0 Å². The zero-order chi connectivity index (χ0) is 14.9. The zero-order valence-corrected chi connectivity index (χ0v) is 12.2. The Morgan fingerprint density at radius 2 is 1.77 bits per heavy atom. The maximum Gasteiger partial charge on any atom is 0.252 e. The van der Waals surface area contributed by atoms with Crippen LogP contribution in [-0.2, 0) is 0 Å². The van der Waals surface area contributed by atoms with Gasteiger partial charge in [0.2, 0.25) is 0 Å². The number of para-hydroxylation sites is 1. The first kappa shape index (κ1) is 12.9. The number of anilines is 2. The molecule has 2 aromatic carbocycles. The molecule has 2 N–H and O–H groups in total. The molecule has 0 spiro atoms. The summed E-state index contributed by atoms with van der Waals surface area (Å²) in [5.41, 5.74) is 2.77. The Morgan fingerprint density at radius 3 is 2.55 bits per heavy atom. The molecule has 0 radical (unpaired) electrons. The molecule has 0 aliphatic carbocycles. The van der Waals surface area contributed by atoms with Crippen molar-refractivity contribution in [2.45, 2.75) is 0 Å². The molecule has 0 fully saturated rings. The standard InChI is InChI=1S/C16H12ClN5/c17-12-8-6-11(7-9-12)14-15(20-13-4-2-1-3-5-13)22-16(21-14)18-10-19-22/h1-10,20H,(H,18,19,21). The minimum atomic E-state index is 0.614. The number of fused-ring (bicyclic) bond motifs is 1. The van der Waals surface area contributed by atoms with Gasteiger partial charge in [-0.2, -0.15) is 0 Å². The minimum absolute atomic E-state index is 0.614. The Labute approximate surface area is 131 Å². The molecule has 0 amide bonds. The molecular weight excluding hydrogens is 298 g/mol. The number of H-pyrrole nitrogens is 1. The minimum Gasteiger partial charge on any atom is -0.338 e. The second-order valence-electron chi connectivity index (χ2n) is 4.83. The highest BCUT2D eigenvalue weighted by Crippen LogP contribution is 2.30.